The molecule has 2 aromatic carbocycles. The van der Waals surface area contributed by atoms with E-state index in [0.29, 0.717) is 18.0 Å². The van der Waals surface area contributed by atoms with Crippen molar-refractivity contribution in [2.75, 3.05) is 38.7 Å². The van der Waals surface area contributed by atoms with Gasteiger partial charge in [-0.15, -0.1) is 0 Å². The Morgan fingerprint density at radius 3 is 2.58 bits per heavy atom. The summed E-state index contributed by atoms with van der Waals surface area (Å²) in [5, 5.41) is 11.4. The Kier molecular flexibility index (Phi) is 7.63. The Hall–Kier alpha value is -3.37. The number of methoxy groups -OCH3 is 1. The fourth-order valence-electron chi connectivity index (χ4n) is 3.82. The van der Waals surface area contributed by atoms with E-state index in [1.54, 1.807) is 6.07 Å². The van der Waals surface area contributed by atoms with Gasteiger partial charge in [-0.25, -0.2) is 4.79 Å². The molecular formula is C24H27N3O4. The molecule has 7 heteroatoms. The topological polar surface area (TPSA) is 75.9 Å². The molecule has 0 unspecified atom stereocenters. The van der Waals surface area contributed by atoms with E-state index in [-0.39, 0.29) is 11.4 Å². The minimum absolute atomic E-state index is 0.169. The molecule has 1 fully saturated rings. The molecule has 7 nitrogen and oxygen atoms in total. The lowest BCUT2D eigenvalue weighted by Crippen LogP contribution is -2.34. The minimum atomic E-state index is -0.669. The van der Waals surface area contributed by atoms with E-state index >= 15 is 0 Å². The molecule has 0 aromatic heterocycles. The Morgan fingerprint density at radius 1 is 1.23 bits per heavy atom. The lowest BCUT2D eigenvalue weighted by atomic mass is 9.90. The maximum absolute atomic E-state index is 11.7. The summed E-state index contributed by atoms with van der Waals surface area (Å²) in [6.07, 6.45) is 2.75. The average molecular weight is 421 g/mol. The molecule has 1 saturated heterocycles. The van der Waals surface area contributed by atoms with E-state index < -0.39 is 11.0 Å². The van der Waals surface area contributed by atoms with Crippen LogP contribution >= 0.6 is 0 Å². The SMILES string of the molecule is COC(=O)N(C)c1ccc(C#CCN2CCC(Cc3ccccc3)CC2)cc1[N+](=O)[O-]. The zero-order valence-electron chi connectivity index (χ0n) is 17.9. The summed E-state index contributed by atoms with van der Waals surface area (Å²) < 4.78 is 4.64. The highest BCUT2D eigenvalue weighted by Gasteiger charge is 2.22. The number of carbonyl (C=O) groups excluding carboxylic acids is 1. The summed E-state index contributed by atoms with van der Waals surface area (Å²) in [4.78, 5) is 26.0. The first kappa shape index (κ1) is 22.3. The molecule has 0 saturated carbocycles. The van der Waals surface area contributed by atoms with Crippen LogP contribution in [0.2, 0.25) is 0 Å². The van der Waals surface area contributed by atoms with Gasteiger partial charge in [0.05, 0.1) is 18.6 Å². The van der Waals surface area contributed by atoms with Crippen molar-refractivity contribution >= 4 is 17.5 Å². The molecule has 0 bridgehead atoms. The van der Waals surface area contributed by atoms with Crippen molar-refractivity contribution in [1.29, 1.82) is 0 Å². The maximum atomic E-state index is 11.7. The molecule has 3 rings (SSSR count). The number of hydrogen-bond donors (Lipinski definition) is 0. The van der Waals surface area contributed by atoms with Crippen LogP contribution in [-0.2, 0) is 11.2 Å². The van der Waals surface area contributed by atoms with E-state index in [9.17, 15) is 14.9 Å². The lowest BCUT2D eigenvalue weighted by Gasteiger charge is -2.30. The molecule has 1 aliphatic heterocycles. The van der Waals surface area contributed by atoms with Gasteiger partial charge in [0, 0.05) is 18.7 Å². The van der Waals surface area contributed by atoms with E-state index in [0.717, 1.165) is 37.3 Å². The first-order valence-electron chi connectivity index (χ1n) is 10.3. The van der Waals surface area contributed by atoms with Gasteiger partial charge in [-0.3, -0.25) is 19.9 Å². The van der Waals surface area contributed by atoms with Gasteiger partial charge < -0.3 is 4.74 Å². The summed E-state index contributed by atoms with van der Waals surface area (Å²) >= 11 is 0. The third-order valence-corrected chi connectivity index (χ3v) is 5.59. The van der Waals surface area contributed by atoms with Gasteiger partial charge in [-0.2, -0.15) is 0 Å². The van der Waals surface area contributed by atoms with Gasteiger partial charge in [0.2, 0.25) is 0 Å². The second-order valence-electron chi connectivity index (χ2n) is 7.70. The summed E-state index contributed by atoms with van der Waals surface area (Å²) in [6.45, 7) is 2.65. The number of nitrogens with zero attached hydrogens (tertiary/aromatic N) is 3. The number of likely N-dealkylation sites (tertiary alicyclic amines) is 1. The number of amides is 1. The molecule has 0 N–H and O–H groups in total. The Morgan fingerprint density at radius 2 is 1.94 bits per heavy atom. The normalized spacial score (nSPS) is 14.4. The minimum Gasteiger partial charge on any atom is -0.452 e. The van der Waals surface area contributed by atoms with Gasteiger partial charge in [-0.05, 0) is 56.0 Å². The molecule has 0 radical (unpaired) electrons. The quantitative estimate of drug-likeness (QED) is 0.413. The predicted octanol–water partition coefficient (Wildman–Crippen LogP) is 4.10. The van der Waals surface area contributed by atoms with Crippen molar-refractivity contribution in [3.63, 3.8) is 0 Å². The van der Waals surface area contributed by atoms with Crippen LogP contribution < -0.4 is 4.90 Å². The molecule has 0 aliphatic carbocycles. The third-order valence-electron chi connectivity index (χ3n) is 5.59. The van der Waals surface area contributed by atoms with Crippen molar-refractivity contribution in [2.45, 2.75) is 19.3 Å². The highest BCUT2D eigenvalue weighted by atomic mass is 16.6. The van der Waals surface area contributed by atoms with Crippen molar-refractivity contribution in [3.05, 3.63) is 69.8 Å². The summed E-state index contributed by atoms with van der Waals surface area (Å²) in [7, 11) is 2.66. The average Bonchev–Trinajstić information content (AvgIpc) is 2.79. The standard InChI is InChI=1S/C24H27N3O4/c1-25(24(28)31-2)22-11-10-20(18-23(22)27(29)30)9-6-14-26-15-12-21(13-16-26)17-19-7-4-3-5-8-19/h3-5,7-8,10-11,18,21H,12-17H2,1-2H3. The van der Waals surface area contributed by atoms with Crippen molar-refractivity contribution in [2.24, 2.45) is 5.92 Å². The number of piperidine rings is 1. The van der Waals surface area contributed by atoms with Crippen LogP contribution in [0.25, 0.3) is 0 Å². The van der Waals surface area contributed by atoms with Crippen LogP contribution in [0.5, 0.6) is 0 Å². The first-order valence-corrected chi connectivity index (χ1v) is 10.3. The zero-order chi connectivity index (χ0) is 22.2. The van der Waals surface area contributed by atoms with Crippen LogP contribution in [0.15, 0.2) is 48.5 Å². The number of nitro groups is 1. The smallest absolute Gasteiger partial charge is 0.413 e. The van der Waals surface area contributed by atoms with E-state index in [4.69, 9.17) is 0 Å². The fraction of sp³-hybridized carbons (Fsp3) is 0.375. The monoisotopic (exact) mass is 421 g/mol. The molecule has 2 aromatic rings. The van der Waals surface area contributed by atoms with Crippen molar-refractivity contribution in [1.82, 2.24) is 4.90 Å². The van der Waals surface area contributed by atoms with Gasteiger partial charge in [0.1, 0.15) is 5.69 Å². The number of rotatable bonds is 5. The number of hydrogen-bond acceptors (Lipinski definition) is 5. The lowest BCUT2D eigenvalue weighted by molar-refractivity contribution is -0.384. The van der Waals surface area contributed by atoms with E-state index in [1.807, 2.05) is 6.07 Å². The van der Waals surface area contributed by atoms with E-state index in [2.05, 4.69) is 45.7 Å². The molecule has 162 valence electrons. The van der Waals surface area contributed by atoms with Gasteiger partial charge in [-0.1, -0.05) is 42.2 Å². The fourth-order valence-corrected chi connectivity index (χ4v) is 3.82. The van der Waals surface area contributed by atoms with Crippen LogP contribution in [0, 0.1) is 27.9 Å². The van der Waals surface area contributed by atoms with Crippen LogP contribution in [0.3, 0.4) is 0 Å². The Labute approximate surface area is 182 Å². The largest absolute Gasteiger partial charge is 0.452 e. The molecule has 0 spiro atoms. The third kappa shape index (κ3) is 6.06. The highest BCUT2D eigenvalue weighted by molar-refractivity contribution is 5.90. The summed E-state index contributed by atoms with van der Waals surface area (Å²) in [5.41, 5.74) is 1.93. The summed E-state index contributed by atoms with van der Waals surface area (Å²) in [5.74, 6) is 6.85. The molecule has 1 aliphatic rings. The van der Waals surface area contributed by atoms with Gasteiger partial charge >= 0.3 is 6.09 Å². The zero-order valence-corrected chi connectivity index (χ0v) is 17.9. The first-order chi connectivity index (χ1) is 15.0. The van der Waals surface area contributed by atoms with Gasteiger partial charge in [0.15, 0.2) is 0 Å². The summed E-state index contributed by atoms with van der Waals surface area (Å²) in [6, 6.07) is 15.2. The number of carbonyl (C=O) groups is 1. The maximum Gasteiger partial charge on any atom is 0.413 e. The number of benzene rings is 2. The van der Waals surface area contributed by atoms with E-state index in [1.165, 1.54) is 31.9 Å². The molecule has 0 atom stereocenters. The predicted molar refractivity (Wildman–Crippen MR) is 120 cm³/mol. The Bertz CT molecular complexity index is 973. The second kappa shape index (κ2) is 10.6. The Balaban J connectivity index is 1.57. The van der Waals surface area contributed by atoms with Crippen molar-refractivity contribution < 1.29 is 14.5 Å². The molecule has 31 heavy (non-hydrogen) atoms. The number of ether oxygens (including phenoxy) is 1. The highest BCUT2D eigenvalue weighted by Crippen LogP contribution is 2.28. The number of nitro benzene ring substituents is 1. The van der Waals surface area contributed by atoms with Crippen LogP contribution in [0.4, 0.5) is 16.2 Å². The molecule has 1 heterocycles. The van der Waals surface area contributed by atoms with Crippen molar-refractivity contribution in [3.8, 4) is 11.8 Å². The molecular weight excluding hydrogens is 394 g/mol. The molecule has 1 amide bonds. The second-order valence-corrected chi connectivity index (χ2v) is 7.70. The van der Waals surface area contributed by atoms with Crippen LogP contribution in [0.1, 0.15) is 24.0 Å². The van der Waals surface area contributed by atoms with Crippen LogP contribution in [-0.4, -0.2) is 49.7 Å². The van der Waals surface area contributed by atoms with Gasteiger partial charge in [0.25, 0.3) is 5.69 Å². The number of anilines is 1.